The zero-order valence-corrected chi connectivity index (χ0v) is 11.0. The maximum Gasteiger partial charge on any atom is 0.325 e. The van der Waals surface area contributed by atoms with Crippen molar-refractivity contribution in [1.29, 1.82) is 0 Å². The standard InChI is InChI=1S/C15H17NO3/c1-10(14(18)19)16-12-8-13(17)15(12,2)9-11-6-4-3-5-7-11/h3-8,10,16H,9H2,1-2H3,(H,18,19). The van der Waals surface area contributed by atoms with Gasteiger partial charge in [-0.25, -0.2) is 0 Å². The third-order valence-corrected chi connectivity index (χ3v) is 3.56. The summed E-state index contributed by atoms with van der Waals surface area (Å²) in [5.41, 5.74) is 1.13. The molecule has 2 unspecified atom stereocenters. The van der Waals surface area contributed by atoms with Gasteiger partial charge >= 0.3 is 5.97 Å². The molecule has 0 fully saturated rings. The first-order valence-electron chi connectivity index (χ1n) is 6.23. The molecule has 0 spiro atoms. The van der Waals surface area contributed by atoms with E-state index < -0.39 is 17.4 Å². The average Bonchev–Trinajstić information content (AvgIpc) is 2.39. The van der Waals surface area contributed by atoms with E-state index in [1.54, 1.807) is 6.92 Å². The average molecular weight is 259 g/mol. The Kier molecular flexibility index (Phi) is 3.42. The second-order valence-electron chi connectivity index (χ2n) is 5.12. The fourth-order valence-corrected chi connectivity index (χ4v) is 2.19. The monoisotopic (exact) mass is 259 g/mol. The predicted octanol–water partition coefficient (Wildman–Crippen LogP) is 1.76. The smallest absolute Gasteiger partial charge is 0.325 e. The van der Waals surface area contributed by atoms with Gasteiger partial charge in [-0.1, -0.05) is 30.3 Å². The molecule has 0 heterocycles. The Morgan fingerprint density at radius 2 is 2.00 bits per heavy atom. The van der Waals surface area contributed by atoms with Crippen molar-refractivity contribution >= 4 is 11.8 Å². The van der Waals surface area contributed by atoms with Crippen molar-refractivity contribution in [2.24, 2.45) is 5.41 Å². The first-order chi connectivity index (χ1) is 8.93. The van der Waals surface area contributed by atoms with Gasteiger partial charge in [-0.2, -0.15) is 0 Å². The number of nitrogens with one attached hydrogen (secondary N) is 1. The van der Waals surface area contributed by atoms with E-state index in [0.29, 0.717) is 12.1 Å². The van der Waals surface area contributed by atoms with Crippen molar-refractivity contribution in [3.05, 3.63) is 47.7 Å². The van der Waals surface area contributed by atoms with Crippen LogP contribution in [-0.2, 0) is 16.0 Å². The lowest BCUT2D eigenvalue weighted by Crippen LogP contribution is -2.49. The summed E-state index contributed by atoms with van der Waals surface area (Å²) >= 11 is 0. The summed E-state index contributed by atoms with van der Waals surface area (Å²) < 4.78 is 0. The lowest BCUT2D eigenvalue weighted by atomic mass is 9.69. The lowest BCUT2D eigenvalue weighted by Gasteiger charge is -2.38. The van der Waals surface area contributed by atoms with Gasteiger partial charge in [0.15, 0.2) is 5.78 Å². The molecular formula is C15H17NO3. The molecule has 4 heteroatoms. The summed E-state index contributed by atoms with van der Waals surface area (Å²) in [4.78, 5) is 22.7. The molecule has 4 nitrogen and oxygen atoms in total. The van der Waals surface area contributed by atoms with E-state index in [1.807, 2.05) is 37.3 Å². The van der Waals surface area contributed by atoms with E-state index in [2.05, 4.69) is 5.32 Å². The Labute approximate surface area is 112 Å². The van der Waals surface area contributed by atoms with E-state index >= 15 is 0 Å². The number of hydrogen-bond donors (Lipinski definition) is 2. The maximum atomic E-state index is 11.9. The number of rotatable bonds is 5. The quantitative estimate of drug-likeness (QED) is 0.845. The van der Waals surface area contributed by atoms with Crippen LogP contribution in [0.4, 0.5) is 0 Å². The lowest BCUT2D eigenvalue weighted by molar-refractivity contribution is -0.139. The molecule has 2 atom stereocenters. The maximum absolute atomic E-state index is 11.9. The molecule has 0 saturated carbocycles. The molecule has 0 aliphatic heterocycles. The Bertz CT molecular complexity index is 536. The second kappa shape index (κ2) is 4.88. The fraction of sp³-hybridized carbons (Fsp3) is 0.333. The Morgan fingerprint density at radius 1 is 1.37 bits per heavy atom. The molecule has 0 saturated heterocycles. The number of carbonyl (C=O) groups is 2. The van der Waals surface area contributed by atoms with E-state index in [9.17, 15) is 9.59 Å². The third kappa shape index (κ3) is 2.52. The Balaban J connectivity index is 2.13. The molecule has 100 valence electrons. The number of allylic oxidation sites excluding steroid dienone is 2. The highest BCUT2D eigenvalue weighted by Crippen LogP contribution is 2.39. The van der Waals surface area contributed by atoms with E-state index in [4.69, 9.17) is 5.11 Å². The van der Waals surface area contributed by atoms with E-state index in [1.165, 1.54) is 6.08 Å². The van der Waals surface area contributed by atoms with Crippen LogP contribution in [0.3, 0.4) is 0 Å². The summed E-state index contributed by atoms with van der Waals surface area (Å²) in [7, 11) is 0. The fourth-order valence-electron chi connectivity index (χ4n) is 2.19. The van der Waals surface area contributed by atoms with Gasteiger partial charge in [0.05, 0.1) is 5.41 Å². The number of carboxylic acids is 1. The summed E-state index contributed by atoms with van der Waals surface area (Å²) in [5, 5.41) is 11.8. The zero-order valence-electron chi connectivity index (χ0n) is 11.0. The highest BCUT2D eigenvalue weighted by molar-refractivity contribution is 6.04. The van der Waals surface area contributed by atoms with Crippen molar-refractivity contribution in [1.82, 2.24) is 5.32 Å². The summed E-state index contributed by atoms with van der Waals surface area (Å²) in [6.07, 6.45) is 2.07. The molecule has 0 aromatic heterocycles. The normalized spacial score (nSPS) is 23.3. The number of aliphatic carboxylic acids is 1. The van der Waals surface area contributed by atoms with Gasteiger partial charge in [-0.05, 0) is 25.8 Å². The minimum absolute atomic E-state index is 0.0384. The van der Waals surface area contributed by atoms with Crippen LogP contribution in [0.1, 0.15) is 19.4 Å². The topological polar surface area (TPSA) is 66.4 Å². The largest absolute Gasteiger partial charge is 0.480 e. The molecule has 2 rings (SSSR count). The minimum Gasteiger partial charge on any atom is -0.480 e. The molecule has 1 aliphatic carbocycles. The van der Waals surface area contributed by atoms with Crippen LogP contribution in [0.2, 0.25) is 0 Å². The molecule has 19 heavy (non-hydrogen) atoms. The van der Waals surface area contributed by atoms with Gasteiger partial charge in [-0.15, -0.1) is 0 Å². The van der Waals surface area contributed by atoms with Gasteiger partial charge in [0.1, 0.15) is 6.04 Å². The molecule has 0 bridgehead atoms. The van der Waals surface area contributed by atoms with Crippen LogP contribution >= 0.6 is 0 Å². The van der Waals surface area contributed by atoms with Crippen LogP contribution in [0.15, 0.2) is 42.1 Å². The molecule has 1 aromatic rings. The number of carboxylic acid groups (broad SMARTS) is 1. The van der Waals surface area contributed by atoms with Gasteiger partial charge in [0.25, 0.3) is 0 Å². The van der Waals surface area contributed by atoms with E-state index in [0.717, 1.165) is 5.56 Å². The third-order valence-electron chi connectivity index (χ3n) is 3.56. The van der Waals surface area contributed by atoms with Crippen molar-refractivity contribution in [3.63, 3.8) is 0 Å². The first kappa shape index (κ1) is 13.3. The summed E-state index contributed by atoms with van der Waals surface area (Å²) in [6.45, 7) is 3.41. The SMILES string of the molecule is CC(NC1=CC(=O)C1(C)Cc1ccccc1)C(=O)O. The first-order valence-corrected chi connectivity index (χ1v) is 6.23. The summed E-state index contributed by atoms with van der Waals surface area (Å²) in [6, 6.07) is 9.02. The van der Waals surface area contributed by atoms with Gasteiger partial charge in [0, 0.05) is 11.8 Å². The molecular weight excluding hydrogens is 242 g/mol. The van der Waals surface area contributed by atoms with Gasteiger partial charge in [-0.3, -0.25) is 9.59 Å². The highest BCUT2D eigenvalue weighted by atomic mass is 16.4. The van der Waals surface area contributed by atoms with Gasteiger partial charge in [0.2, 0.25) is 0 Å². The van der Waals surface area contributed by atoms with Crippen molar-refractivity contribution in [3.8, 4) is 0 Å². The highest BCUT2D eigenvalue weighted by Gasteiger charge is 2.44. The number of benzene rings is 1. The molecule has 1 aliphatic rings. The second-order valence-corrected chi connectivity index (χ2v) is 5.12. The minimum atomic E-state index is -0.928. The van der Waals surface area contributed by atoms with Gasteiger partial charge < -0.3 is 10.4 Å². The zero-order chi connectivity index (χ0) is 14.0. The van der Waals surface area contributed by atoms with Crippen LogP contribution in [-0.4, -0.2) is 22.9 Å². The van der Waals surface area contributed by atoms with Crippen LogP contribution in [0.5, 0.6) is 0 Å². The Hall–Kier alpha value is -2.10. The van der Waals surface area contributed by atoms with Crippen LogP contribution < -0.4 is 5.32 Å². The van der Waals surface area contributed by atoms with Crippen molar-refractivity contribution < 1.29 is 14.7 Å². The Morgan fingerprint density at radius 3 is 2.53 bits per heavy atom. The molecule has 0 amide bonds. The summed E-state index contributed by atoms with van der Waals surface area (Å²) in [5.74, 6) is -0.890. The number of hydrogen-bond acceptors (Lipinski definition) is 3. The van der Waals surface area contributed by atoms with Crippen LogP contribution in [0, 0.1) is 5.41 Å². The number of carbonyl (C=O) groups excluding carboxylic acids is 1. The van der Waals surface area contributed by atoms with E-state index in [-0.39, 0.29) is 5.78 Å². The molecule has 1 aromatic carbocycles. The van der Waals surface area contributed by atoms with Crippen molar-refractivity contribution in [2.45, 2.75) is 26.3 Å². The van der Waals surface area contributed by atoms with Crippen LogP contribution in [0.25, 0.3) is 0 Å². The molecule has 0 radical (unpaired) electrons. The molecule has 2 N–H and O–H groups in total. The number of ketones is 1. The van der Waals surface area contributed by atoms with Crippen molar-refractivity contribution in [2.75, 3.05) is 0 Å². The predicted molar refractivity (Wildman–Crippen MR) is 71.6 cm³/mol.